The fraction of sp³-hybridized carbons (Fsp3) is 0.745. The fourth-order valence-electron chi connectivity index (χ4n) is 5.98. The van der Waals surface area contributed by atoms with Crippen LogP contribution >= 0.6 is 7.82 Å². The summed E-state index contributed by atoms with van der Waals surface area (Å²) in [5.41, 5.74) is 0. The number of aliphatic hydroxyl groups excluding tert-OH is 2. The van der Waals surface area contributed by atoms with Crippen molar-refractivity contribution in [1.82, 2.24) is 0 Å². The summed E-state index contributed by atoms with van der Waals surface area (Å²) in [4.78, 5) is 34.6. The highest BCUT2D eigenvalue weighted by atomic mass is 31.2. The highest BCUT2D eigenvalue weighted by molar-refractivity contribution is 7.47. The van der Waals surface area contributed by atoms with Gasteiger partial charge in [-0.3, -0.25) is 18.6 Å². The van der Waals surface area contributed by atoms with Crippen molar-refractivity contribution in [2.45, 2.75) is 199 Å². The highest BCUT2D eigenvalue weighted by Crippen LogP contribution is 2.43. The maximum Gasteiger partial charge on any atom is 0.472 e. The molecule has 0 aromatic heterocycles. The number of unbranched alkanes of at least 4 members (excludes halogenated alkanes) is 18. The lowest BCUT2D eigenvalue weighted by atomic mass is 10.1. The first-order chi connectivity index (χ1) is 28.3. The molecular formula is C47H83O10P. The van der Waals surface area contributed by atoms with Crippen LogP contribution in [0.5, 0.6) is 0 Å². The predicted molar refractivity (Wildman–Crippen MR) is 237 cm³/mol. The molecule has 3 N–H and O–H groups in total. The number of ether oxygens (including phenoxy) is 2. The summed E-state index contributed by atoms with van der Waals surface area (Å²) >= 11 is 0. The van der Waals surface area contributed by atoms with E-state index in [1.807, 2.05) is 0 Å². The van der Waals surface area contributed by atoms with Gasteiger partial charge in [0.25, 0.3) is 0 Å². The quantitative estimate of drug-likeness (QED) is 0.0235. The molecular weight excluding hydrogens is 755 g/mol. The number of carbonyl (C=O) groups is 2. The number of aliphatic hydroxyl groups is 2. The average molecular weight is 839 g/mol. The van der Waals surface area contributed by atoms with E-state index in [1.165, 1.54) is 44.9 Å². The van der Waals surface area contributed by atoms with Crippen molar-refractivity contribution in [1.29, 1.82) is 0 Å². The maximum absolute atomic E-state index is 12.4. The Balaban J connectivity index is 3.94. The van der Waals surface area contributed by atoms with Crippen molar-refractivity contribution in [2.24, 2.45) is 0 Å². The van der Waals surface area contributed by atoms with Crippen LogP contribution < -0.4 is 0 Å². The smallest absolute Gasteiger partial charge is 0.457 e. The second kappa shape index (κ2) is 42.8. The van der Waals surface area contributed by atoms with Crippen molar-refractivity contribution >= 4 is 19.8 Å². The third-order valence-electron chi connectivity index (χ3n) is 9.46. The lowest BCUT2D eigenvalue weighted by molar-refractivity contribution is -0.153. The zero-order valence-corrected chi connectivity index (χ0v) is 37.4. The van der Waals surface area contributed by atoms with Gasteiger partial charge in [-0.25, -0.2) is 4.57 Å². The number of rotatable bonds is 42. The molecule has 0 saturated carbocycles. The van der Waals surface area contributed by atoms with Gasteiger partial charge in [0.2, 0.25) is 0 Å². The van der Waals surface area contributed by atoms with E-state index in [0.717, 1.165) is 103 Å². The molecule has 0 aromatic rings. The van der Waals surface area contributed by atoms with E-state index in [4.69, 9.17) is 18.5 Å². The molecule has 10 nitrogen and oxygen atoms in total. The number of allylic oxidation sites excluding steroid dienone is 10. The minimum Gasteiger partial charge on any atom is -0.457 e. The molecule has 58 heavy (non-hydrogen) atoms. The molecule has 3 unspecified atom stereocenters. The molecule has 0 heterocycles. The van der Waals surface area contributed by atoms with E-state index >= 15 is 0 Å². The van der Waals surface area contributed by atoms with Crippen molar-refractivity contribution in [2.75, 3.05) is 26.4 Å². The zero-order valence-electron chi connectivity index (χ0n) is 36.5. The van der Waals surface area contributed by atoms with Gasteiger partial charge < -0.3 is 24.6 Å². The molecule has 0 aliphatic rings. The summed E-state index contributed by atoms with van der Waals surface area (Å²) < 4.78 is 32.6. The summed E-state index contributed by atoms with van der Waals surface area (Å²) in [6.07, 6.45) is 47.6. The molecule has 0 aliphatic heterocycles. The van der Waals surface area contributed by atoms with E-state index in [-0.39, 0.29) is 12.8 Å². The minimum absolute atomic E-state index is 0.173. The molecule has 0 radical (unpaired) electrons. The Hall–Kier alpha value is -2.33. The van der Waals surface area contributed by atoms with Crippen LogP contribution in [0.25, 0.3) is 0 Å². The molecule has 0 rings (SSSR count). The lowest BCUT2D eigenvalue weighted by Crippen LogP contribution is -2.28. The van der Waals surface area contributed by atoms with E-state index in [9.17, 15) is 29.3 Å². The fourth-order valence-corrected chi connectivity index (χ4v) is 6.77. The first kappa shape index (κ1) is 55.7. The molecule has 0 aromatic carbocycles. The Kier molecular flexibility index (Phi) is 41.1. The number of carbonyl (C=O) groups excluding carboxylic acids is 2. The normalized spacial score (nSPS) is 14.4. The lowest BCUT2D eigenvalue weighted by Gasteiger charge is -2.20. The minimum atomic E-state index is -4.65. The topological polar surface area (TPSA) is 149 Å². The van der Waals surface area contributed by atoms with Crippen LogP contribution in [-0.2, 0) is 32.7 Å². The van der Waals surface area contributed by atoms with Crippen LogP contribution in [0.2, 0.25) is 0 Å². The largest absolute Gasteiger partial charge is 0.472 e. The van der Waals surface area contributed by atoms with Crippen molar-refractivity contribution in [3.05, 3.63) is 60.8 Å². The summed E-state index contributed by atoms with van der Waals surface area (Å²) in [6.45, 7) is 2.07. The first-order valence-electron chi connectivity index (χ1n) is 22.7. The highest BCUT2D eigenvalue weighted by Gasteiger charge is 2.27. The number of hydrogen-bond acceptors (Lipinski definition) is 9. The van der Waals surface area contributed by atoms with Gasteiger partial charge in [0.1, 0.15) is 12.2 Å². The van der Waals surface area contributed by atoms with Crippen LogP contribution in [0.3, 0.4) is 0 Å². The second-order valence-electron chi connectivity index (χ2n) is 15.0. The summed E-state index contributed by atoms with van der Waals surface area (Å²) in [6, 6.07) is 0. The van der Waals surface area contributed by atoms with Gasteiger partial charge in [-0.2, -0.15) is 0 Å². The molecule has 0 aliphatic carbocycles. The Morgan fingerprint density at radius 1 is 0.483 bits per heavy atom. The van der Waals surface area contributed by atoms with Crippen LogP contribution in [0.15, 0.2) is 60.8 Å². The van der Waals surface area contributed by atoms with Gasteiger partial charge in [-0.05, 0) is 77.0 Å². The van der Waals surface area contributed by atoms with Gasteiger partial charge in [0, 0.05) is 12.8 Å². The zero-order chi connectivity index (χ0) is 42.6. The third kappa shape index (κ3) is 40.4. The van der Waals surface area contributed by atoms with E-state index in [2.05, 4.69) is 74.6 Å². The average Bonchev–Trinajstić information content (AvgIpc) is 3.21. The van der Waals surface area contributed by atoms with Crippen LogP contribution in [-0.4, -0.2) is 65.7 Å². The van der Waals surface area contributed by atoms with Crippen molar-refractivity contribution in [3.8, 4) is 0 Å². The summed E-state index contributed by atoms with van der Waals surface area (Å²) in [7, 11) is -4.65. The van der Waals surface area contributed by atoms with Crippen molar-refractivity contribution < 1.29 is 47.8 Å². The Labute approximate surface area is 353 Å². The predicted octanol–water partition coefficient (Wildman–Crippen LogP) is 12.3. The van der Waals surface area contributed by atoms with E-state index in [1.54, 1.807) is 0 Å². The van der Waals surface area contributed by atoms with E-state index < -0.39 is 58.4 Å². The summed E-state index contributed by atoms with van der Waals surface area (Å²) in [5, 5.41) is 19.2. The second-order valence-corrected chi connectivity index (χ2v) is 16.5. The van der Waals surface area contributed by atoms with Crippen LogP contribution in [0, 0.1) is 0 Å². The molecule has 0 amide bonds. The van der Waals surface area contributed by atoms with Crippen LogP contribution in [0.4, 0.5) is 0 Å². The SMILES string of the molecule is CC/C=C\C/C=C\C/C=C\C/C=C\CCCCCCCCC(=O)OC(CO)COP(=O)(O)OCC(CO)OC(=O)CCCCCCC/C=C\CCCCCCCCC. The molecule has 336 valence electrons. The number of esters is 2. The Morgan fingerprint density at radius 3 is 1.19 bits per heavy atom. The van der Waals surface area contributed by atoms with Gasteiger partial charge in [0.05, 0.1) is 26.4 Å². The van der Waals surface area contributed by atoms with Gasteiger partial charge >= 0.3 is 19.8 Å². The number of phosphoric ester groups is 1. The molecule has 0 spiro atoms. The molecule has 0 saturated heterocycles. The van der Waals surface area contributed by atoms with E-state index in [0.29, 0.717) is 12.8 Å². The summed E-state index contributed by atoms with van der Waals surface area (Å²) in [5.74, 6) is -1.04. The number of phosphoric acid groups is 1. The van der Waals surface area contributed by atoms with Crippen LogP contribution in [0.1, 0.15) is 187 Å². The van der Waals surface area contributed by atoms with Crippen molar-refractivity contribution in [3.63, 3.8) is 0 Å². The standard InChI is InChI=1S/C47H83O10P/c1-3-5-7-9-11-13-15-17-19-21-22-23-25-27-29-31-33-35-37-39-47(51)57-45(41-49)43-55-58(52,53)54-42-44(40-48)56-46(50)38-36-34-32-30-28-26-24-20-18-16-14-12-10-8-6-4-2/h5,7,11,13,17,19-20,22-24,44-45,48-49H,3-4,6,8-10,12,14-16,18,21,25-43H2,1-2H3,(H,52,53)/b7-5-,13-11-,19-17-,23-22-,24-20-. The molecule has 11 heteroatoms. The Morgan fingerprint density at radius 2 is 0.810 bits per heavy atom. The van der Waals surface area contributed by atoms with Gasteiger partial charge in [0.15, 0.2) is 0 Å². The van der Waals surface area contributed by atoms with Gasteiger partial charge in [-0.1, -0.05) is 158 Å². The molecule has 0 bridgehead atoms. The van der Waals surface area contributed by atoms with Gasteiger partial charge in [-0.15, -0.1) is 0 Å². The number of hydrogen-bond donors (Lipinski definition) is 3. The Bertz CT molecular complexity index is 1150. The molecule has 0 fully saturated rings. The monoisotopic (exact) mass is 839 g/mol. The molecule has 3 atom stereocenters. The third-order valence-corrected chi connectivity index (χ3v) is 10.4. The first-order valence-corrected chi connectivity index (χ1v) is 24.2. The maximum atomic E-state index is 12.4.